The highest BCUT2D eigenvalue weighted by atomic mass is 35.5. The molecule has 0 saturated heterocycles. The molecule has 2 heterocycles. The lowest BCUT2D eigenvalue weighted by atomic mass is 10.0. The molecule has 0 aromatic carbocycles. The van der Waals surface area contributed by atoms with E-state index in [1.165, 1.54) is 0 Å². The van der Waals surface area contributed by atoms with Gasteiger partial charge in [-0.2, -0.15) is 4.52 Å². The number of nitrogens with one attached hydrogen (secondary N) is 1. The zero-order chi connectivity index (χ0) is 12.3. The van der Waals surface area contributed by atoms with Crippen molar-refractivity contribution < 1.29 is 0 Å². The quantitative estimate of drug-likeness (QED) is 0.821. The van der Waals surface area contributed by atoms with Gasteiger partial charge in [0.05, 0.1) is 12.4 Å². The normalized spacial score (nSPS) is 13.2. The molecule has 0 spiro atoms. The fourth-order valence-electron chi connectivity index (χ4n) is 1.65. The van der Waals surface area contributed by atoms with Crippen molar-refractivity contribution in [2.75, 3.05) is 11.2 Å². The first-order valence-electron chi connectivity index (χ1n) is 5.57. The van der Waals surface area contributed by atoms with Gasteiger partial charge in [0.2, 0.25) is 0 Å². The summed E-state index contributed by atoms with van der Waals surface area (Å²) in [5, 5.41) is 14.8. The monoisotopic (exact) mass is 254 g/mol. The lowest BCUT2D eigenvalue weighted by Gasteiger charge is -2.22. The molecule has 0 fully saturated rings. The molecule has 2 rings (SSSR count). The van der Waals surface area contributed by atoms with Crippen molar-refractivity contribution in [1.82, 2.24) is 25.0 Å². The first kappa shape index (κ1) is 12.0. The fraction of sp³-hybridized carbons (Fsp3) is 0.600. The highest BCUT2D eigenvalue weighted by Crippen LogP contribution is 2.15. The molecule has 0 aliphatic carbocycles. The van der Waals surface area contributed by atoms with E-state index in [0.717, 1.165) is 12.2 Å². The van der Waals surface area contributed by atoms with Crippen molar-refractivity contribution >= 4 is 23.1 Å². The number of fused-ring (bicyclic) bond motifs is 1. The number of hydrogen-bond acceptors (Lipinski definition) is 5. The van der Waals surface area contributed by atoms with Crippen LogP contribution in [0, 0.1) is 5.92 Å². The van der Waals surface area contributed by atoms with Gasteiger partial charge in [-0.3, -0.25) is 4.98 Å². The summed E-state index contributed by atoms with van der Waals surface area (Å²) in [5.41, 5.74) is 0.628. The molecule has 6 nitrogen and oxygen atoms in total. The third-order valence-corrected chi connectivity index (χ3v) is 2.88. The predicted molar refractivity (Wildman–Crippen MR) is 66.2 cm³/mol. The molecule has 92 valence electrons. The van der Waals surface area contributed by atoms with Crippen LogP contribution in [0.3, 0.4) is 0 Å². The second-order valence-electron chi connectivity index (χ2n) is 4.21. The van der Waals surface area contributed by atoms with Crippen molar-refractivity contribution in [2.45, 2.75) is 26.3 Å². The van der Waals surface area contributed by atoms with E-state index >= 15 is 0 Å². The molecule has 0 aliphatic rings. The van der Waals surface area contributed by atoms with Crippen LogP contribution in [0.4, 0.5) is 5.82 Å². The molecule has 0 bridgehead atoms. The summed E-state index contributed by atoms with van der Waals surface area (Å²) in [6.45, 7) is 4.30. The van der Waals surface area contributed by atoms with Crippen molar-refractivity contribution in [2.24, 2.45) is 5.92 Å². The van der Waals surface area contributed by atoms with Crippen molar-refractivity contribution in [3.63, 3.8) is 0 Å². The van der Waals surface area contributed by atoms with Gasteiger partial charge in [-0.05, 0) is 22.8 Å². The number of rotatable bonds is 5. The molecule has 0 amide bonds. The summed E-state index contributed by atoms with van der Waals surface area (Å²) < 4.78 is 1.64. The smallest absolute Gasteiger partial charge is 0.199 e. The van der Waals surface area contributed by atoms with Gasteiger partial charge in [-0.25, -0.2) is 0 Å². The zero-order valence-corrected chi connectivity index (χ0v) is 10.6. The molecule has 17 heavy (non-hydrogen) atoms. The number of alkyl halides is 1. The maximum Gasteiger partial charge on any atom is 0.199 e. The van der Waals surface area contributed by atoms with Gasteiger partial charge in [-0.15, -0.1) is 16.7 Å². The molecule has 0 aliphatic heterocycles. The molecular weight excluding hydrogens is 240 g/mol. The lowest BCUT2D eigenvalue weighted by molar-refractivity contribution is 0.510. The van der Waals surface area contributed by atoms with Crippen LogP contribution in [0.2, 0.25) is 0 Å². The minimum atomic E-state index is 0.282. The number of anilines is 1. The van der Waals surface area contributed by atoms with Crippen LogP contribution in [0.25, 0.3) is 5.65 Å². The Balaban J connectivity index is 2.24. The third-order valence-electron chi connectivity index (χ3n) is 2.67. The maximum atomic E-state index is 5.80. The van der Waals surface area contributed by atoms with Crippen LogP contribution in [0.5, 0.6) is 0 Å². The standard InChI is InChI=1S/C10H15ClN6/c1-7(2)8(3-4-11)13-9-5-12-6-10-14-15-16-17(9)10/h5-8,13H,3-4H2,1-2H3. The van der Waals surface area contributed by atoms with E-state index in [0.29, 0.717) is 17.4 Å². The molecule has 2 aromatic heterocycles. The number of nitrogens with zero attached hydrogens (tertiary/aromatic N) is 5. The maximum absolute atomic E-state index is 5.80. The van der Waals surface area contributed by atoms with Gasteiger partial charge in [0.1, 0.15) is 0 Å². The molecule has 0 radical (unpaired) electrons. The van der Waals surface area contributed by atoms with Crippen LogP contribution in [-0.2, 0) is 0 Å². The van der Waals surface area contributed by atoms with Crippen molar-refractivity contribution in [1.29, 1.82) is 0 Å². The molecule has 7 heteroatoms. The van der Waals surface area contributed by atoms with Gasteiger partial charge in [0, 0.05) is 11.9 Å². The van der Waals surface area contributed by atoms with E-state index in [-0.39, 0.29) is 6.04 Å². The highest BCUT2D eigenvalue weighted by Gasteiger charge is 2.14. The first-order valence-corrected chi connectivity index (χ1v) is 6.10. The topological polar surface area (TPSA) is 68.0 Å². The Morgan fingerprint density at radius 2 is 2.24 bits per heavy atom. The largest absolute Gasteiger partial charge is 0.366 e. The van der Waals surface area contributed by atoms with E-state index in [9.17, 15) is 0 Å². The number of tetrazole rings is 1. The Labute approximate surface area is 104 Å². The minimum Gasteiger partial charge on any atom is -0.366 e. The summed E-state index contributed by atoms with van der Waals surface area (Å²) in [6, 6.07) is 0.282. The van der Waals surface area contributed by atoms with Gasteiger partial charge in [0.15, 0.2) is 11.5 Å². The Kier molecular flexibility index (Phi) is 3.73. The molecular formula is C10H15ClN6. The Bertz CT molecular complexity index is 482. The Morgan fingerprint density at radius 3 is 2.94 bits per heavy atom. The Morgan fingerprint density at radius 1 is 1.41 bits per heavy atom. The zero-order valence-electron chi connectivity index (χ0n) is 9.84. The van der Waals surface area contributed by atoms with Crippen LogP contribution in [0.15, 0.2) is 12.4 Å². The first-order chi connectivity index (χ1) is 8.22. The molecule has 1 N–H and O–H groups in total. The van der Waals surface area contributed by atoms with E-state index in [4.69, 9.17) is 11.6 Å². The van der Waals surface area contributed by atoms with E-state index in [1.807, 2.05) is 0 Å². The average Bonchev–Trinajstić information content (AvgIpc) is 2.77. The van der Waals surface area contributed by atoms with Crippen LogP contribution < -0.4 is 5.32 Å². The van der Waals surface area contributed by atoms with Gasteiger partial charge >= 0.3 is 0 Å². The Hall–Kier alpha value is -1.43. The van der Waals surface area contributed by atoms with E-state index in [1.54, 1.807) is 16.9 Å². The van der Waals surface area contributed by atoms with Crippen molar-refractivity contribution in [3.8, 4) is 0 Å². The highest BCUT2D eigenvalue weighted by molar-refractivity contribution is 6.17. The van der Waals surface area contributed by atoms with E-state index < -0.39 is 0 Å². The molecule has 1 unspecified atom stereocenters. The summed E-state index contributed by atoms with van der Waals surface area (Å²) in [6.07, 6.45) is 4.22. The summed E-state index contributed by atoms with van der Waals surface area (Å²) >= 11 is 5.80. The summed E-state index contributed by atoms with van der Waals surface area (Å²) in [7, 11) is 0. The van der Waals surface area contributed by atoms with Crippen LogP contribution in [0.1, 0.15) is 20.3 Å². The van der Waals surface area contributed by atoms with E-state index in [2.05, 4.69) is 39.7 Å². The lowest BCUT2D eigenvalue weighted by Crippen LogP contribution is -2.27. The van der Waals surface area contributed by atoms with Crippen molar-refractivity contribution in [3.05, 3.63) is 12.4 Å². The predicted octanol–water partition coefficient (Wildman–Crippen LogP) is 1.58. The number of hydrogen-bond donors (Lipinski definition) is 1. The van der Waals surface area contributed by atoms with Gasteiger partial charge < -0.3 is 5.32 Å². The number of aromatic nitrogens is 5. The molecule has 0 saturated carbocycles. The second-order valence-corrected chi connectivity index (χ2v) is 4.59. The van der Waals surface area contributed by atoms with Crippen LogP contribution in [-0.4, -0.2) is 36.9 Å². The molecule has 2 aromatic rings. The fourth-order valence-corrected chi connectivity index (χ4v) is 1.89. The third kappa shape index (κ3) is 2.63. The second kappa shape index (κ2) is 5.27. The minimum absolute atomic E-state index is 0.282. The summed E-state index contributed by atoms with van der Waals surface area (Å²) in [4.78, 5) is 4.10. The SMILES string of the molecule is CC(C)C(CCCl)Nc1cncc2nnnn12. The number of halogens is 1. The summed E-state index contributed by atoms with van der Waals surface area (Å²) in [5.74, 6) is 1.88. The van der Waals surface area contributed by atoms with Crippen LogP contribution >= 0.6 is 11.6 Å². The van der Waals surface area contributed by atoms with Gasteiger partial charge in [0.25, 0.3) is 0 Å². The molecule has 1 atom stereocenters. The average molecular weight is 255 g/mol. The van der Waals surface area contributed by atoms with Gasteiger partial charge in [-0.1, -0.05) is 13.8 Å².